The van der Waals surface area contributed by atoms with Crippen LogP contribution in [-0.2, 0) is 0 Å². The molecule has 2 heterocycles. The molecule has 0 N–H and O–H groups in total. The van der Waals surface area contributed by atoms with Crippen molar-refractivity contribution in [3.8, 4) is 44.8 Å². The number of hydrogen-bond acceptors (Lipinski definition) is 0. The second kappa shape index (κ2) is 11.5. The Morgan fingerprint density at radius 1 is 0.220 bits per heavy atom. The number of hydrogen-bond donors (Lipinski definition) is 0. The molecular weight excluding hydrogens is 605 g/mol. The predicted molar refractivity (Wildman–Crippen MR) is 211 cm³/mol. The highest BCUT2D eigenvalue weighted by Crippen LogP contribution is 2.42. The number of benzene rings is 8. The van der Waals surface area contributed by atoms with Crippen LogP contribution in [0.25, 0.3) is 88.4 Å². The lowest BCUT2D eigenvalue weighted by Gasteiger charge is -2.14. The van der Waals surface area contributed by atoms with Crippen molar-refractivity contribution in [3.05, 3.63) is 194 Å². The monoisotopic (exact) mass is 636 g/mol. The molecule has 0 aliphatic carbocycles. The molecule has 8 aromatic carbocycles. The topological polar surface area (TPSA) is 9.86 Å². The lowest BCUT2D eigenvalue weighted by atomic mass is 9.98. The minimum atomic E-state index is 1.14. The molecule has 0 unspecified atom stereocenters. The van der Waals surface area contributed by atoms with Crippen LogP contribution in [-0.4, -0.2) is 9.13 Å². The van der Waals surface area contributed by atoms with E-state index in [1.54, 1.807) is 0 Å². The lowest BCUT2D eigenvalue weighted by Crippen LogP contribution is -1.97. The Balaban J connectivity index is 1.34. The Morgan fingerprint density at radius 2 is 0.680 bits per heavy atom. The van der Waals surface area contributed by atoms with Crippen molar-refractivity contribution >= 4 is 43.6 Å². The number of rotatable bonds is 5. The molecule has 2 heteroatoms. The van der Waals surface area contributed by atoms with Crippen LogP contribution in [0.4, 0.5) is 0 Å². The fourth-order valence-corrected chi connectivity index (χ4v) is 7.76. The van der Waals surface area contributed by atoms with E-state index in [9.17, 15) is 0 Å². The van der Waals surface area contributed by atoms with Crippen molar-refractivity contribution in [2.75, 3.05) is 0 Å². The average molecular weight is 637 g/mol. The van der Waals surface area contributed by atoms with Crippen LogP contribution in [0, 0.1) is 0 Å². The van der Waals surface area contributed by atoms with Crippen LogP contribution in [0.3, 0.4) is 0 Å². The van der Waals surface area contributed by atoms with Crippen molar-refractivity contribution < 1.29 is 0 Å². The van der Waals surface area contributed by atoms with E-state index in [-0.39, 0.29) is 0 Å². The van der Waals surface area contributed by atoms with Crippen LogP contribution in [0.15, 0.2) is 194 Å². The van der Waals surface area contributed by atoms with Gasteiger partial charge >= 0.3 is 0 Å². The minimum absolute atomic E-state index is 1.14. The Hall–Kier alpha value is -6.64. The Labute approximate surface area is 290 Å². The summed E-state index contributed by atoms with van der Waals surface area (Å²) in [5.74, 6) is 0. The maximum absolute atomic E-state index is 2.48. The van der Waals surface area contributed by atoms with Crippen molar-refractivity contribution in [3.63, 3.8) is 0 Å². The molecule has 2 nitrogen and oxygen atoms in total. The molecule has 50 heavy (non-hydrogen) atoms. The molecule has 0 aliphatic heterocycles. The molecule has 0 saturated carbocycles. The number of nitrogens with zero attached hydrogens (tertiary/aromatic N) is 2. The first-order chi connectivity index (χ1) is 24.8. The molecule has 10 rings (SSSR count). The van der Waals surface area contributed by atoms with Gasteiger partial charge in [-0.05, 0) is 94.0 Å². The maximum atomic E-state index is 2.48. The average Bonchev–Trinajstić information content (AvgIpc) is 3.69. The second-order valence-electron chi connectivity index (χ2n) is 13.0. The van der Waals surface area contributed by atoms with Gasteiger partial charge in [0.05, 0.1) is 22.1 Å². The molecule has 0 radical (unpaired) electrons. The molecule has 0 spiro atoms. The summed E-state index contributed by atoms with van der Waals surface area (Å²) in [6, 6.07) is 70.5. The Bertz CT molecular complexity index is 2770. The lowest BCUT2D eigenvalue weighted by molar-refractivity contribution is 1.16. The number of para-hydroxylation sites is 2. The zero-order valence-electron chi connectivity index (χ0n) is 27.4. The van der Waals surface area contributed by atoms with Gasteiger partial charge in [0, 0.05) is 32.9 Å². The fourth-order valence-electron chi connectivity index (χ4n) is 7.76. The molecule has 0 aliphatic rings. The van der Waals surface area contributed by atoms with Gasteiger partial charge in [-0.1, -0.05) is 133 Å². The van der Waals surface area contributed by atoms with Gasteiger partial charge in [-0.15, -0.1) is 0 Å². The summed E-state index contributed by atoms with van der Waals surface area (Å²) in [5.41, 5.74) is 14.3. The van der Waals surface area contributed by atoms with Gasteiger partial charge in [0.1, 0.15) is 0 Å². The maximum Gasteiger partial charge on any atom is 0.0562 e. The third kappa shape index (κ3) is 4.57. The summed E-state index contributed by atoms with van der Waals surface area (Å²) in [6.07, 6.45) is 0. The van der Waals surface area contributed by atoms with Gasteiger partial charge in [0.2, 0.25) is 0 Å². The molecule has 0 atom stereocenters. The van der Waals surface area contributed by atoms with E-state index in [1.165, 1.54) is 77.0 Å². The van der Waals surface area contributed by atoms with Crippen LogP contribution < -0.4 is 0 Å². The predicted octanol–water partition coefficient (Wildman–Crippen LogP) is 12.9. The molecule has 0 bridgehead atoms. The van der Waals surface area contributed by atoms with Crippen LogP contribution in [0.1, 0.15) is 0 Å². The van der Waals surface area contributed by atoms with Crippen molar-refractivity contribution in [2.24, 2.45) is 0 Å². The summed E-state index contributed by atoms with van der Waals surface area (Å²) in [7, 11) is 0. The van der Waals surface area contributed by atoms with E-state index < -0.39 is 0 Å². The van der Waals surface area contributed by atoms with Crippen molar-refractivity contribution in [1.82, 2.24) is 9.13 Å². The zero-order chi connectivity index (χ0) is 33.0. The van der Waals surface area contributed by atoms with Gasteiger partial charge in [0.15, 0.2) is 0 Å². The van der Waals surface area contributed by atoms with Crippen LogP contribution >= 0.6 is 0 Å². The Morgan fingerprint density at radius 3 is 1.30 bits per heavy atom. The molecule has 0 fully saturated rings. The first kappa shape index (κ1) is 28.4. The van der Waals surface area contributed by atoms with E-state index in [2.05, 4.69) is 203 Å². The first-order valence-corrected chi connectivity index (χ1v) is 17.2. The minimum Gasteiger partial charge on any atom is -0.309 e. The summed E-state index contributed by atoms with van der Waals surface area (Å²) < 4.78 is 4.89. The highest BCUT2D eigenvalue weighted by Gasteiger charge is 2.20. The third-order valence-electron chi connectivity index (χ3n) is 10.1. The molecule has 234 valence electrons. The standard InChI is InChI=1S/C48H32N2/c1-5-15-33(16-6-1)36-25-26-46-42(30-36)44-31-43-41-23-13-14-24-45(41)49(39-21-11-4-12-22-39)47(43)32-48(44)50(46)40-28-37(34-17-7-2-8-18-34)27-38(29-40)35-19-9-3-10-20-35/h1-32H. The van der Waals surface area contributed by atoms with Crippen molar-refractivity contribution in [1.29, 1.82) is 0 Å². The molecular formula is C48H32N2. The second-order valence-corrected chi connectivity index (χ2v) is 13.0. The van der Waals surface area contributed by atoms with E-state index in [1.807, 2.05) is 0 Å². The van der Waals surface area contributed by atoms with Gasteiger partial charge in [-0.2, -0.15) is 0 Å². The summed E-state index contributed by atoms with van der Waals surface area (Å²) in [5, 5.41) is 4.99. The van der Waals surface area contributed by atoms with Gasteiger partial charge < -0.3 is 9.13 Å². The van der Waals surface area contributed by atoms with Crippen LogP contribution in [0.2, 0.25) is 0 Å². The number of aromatic nitrogens is 2. The van der Waals surface area contributed by atoms with E-state index >= 15 is 0 Å². The highest BCUT2D eigenvalue weighted by molar-refractivity contribution is 6.19. The van der Waals surface area contributed by atoms with Crippen LogP contribution in [0.5, 0.6) is 0 Å². The summed E-state index contributed by atoms with van der Waals surface area (Å²) >= 11 is 0. The quantitative estimate of drug-likeness (QED) is 0.178. The normalized spacial score (nSPS) is 11.6. The molecule has 2 aromatic heterocycles. The smallest absolute Gasteiger partial charge is 0.0562 e. The zero-order valence-corrected chi connectivity index (χ0v) is 27.4. The summed E-state index contributed by atoms with van der Waals surface area (Å²) in [4.78, 5) is 0. The summed E-state index contributed by atoms with van der Waals surface area (Å²) in [6.45, 7) is 0. The van der Waals surface area contributed by atoms with E-state index in [0.29, 0.717) is 0 Å². The molecule has 0 amide bonds. The van der Waals surface area contributed by atoms with E-state index in [4.69, 9.17) is 0 Å². The highest BCUT2D eigenvalue weighted by atomic mass is 15.0. The first-order valence-electron chi connectivity index (χ1n) is 17.2. The van der Waals surface area contributed by atoms with Gasteiger partial charge in [0.25, 0.3) is 0 Å². The molecule has 0 saturated heterocycles. The Kier molecular flexibility index (Phi) is 6.53. The molecule has 10 aromatic rings. The number of fused-ring (bicyclic) bond motifs is 6. The SMILES string of the molecule is c1ccc(-c2cc(-c3ccccc3)cc(-n3c4ccc(-c5ccccc5)cc4c4cc5c6ccccc6n(-c6ccccc6)c5cc43)c2)cc1. The largest absolute Gasteiger partial charge is 0.309 e. The van der Waals surface area contributed by atoms with Gasteiger partial charge in [-0.3, -0.25) is 0 Å². The van der Waals surface area contributed by atoms with E-state index in [0.717, 1.165) is 11.4 Å². The third-order valence-corrected chi connectivity index (χ3v) is 10.1. The fraction of sp³-hybridized carbons (Fsp3) is 0. The van der Waals surface area contributed by atoms with Gasteiger partial charge in [-0.25, -0.2) is 0 Å². The van der Waals surface area contributed by atoms with Crippen molar-refractivity contribution in [2.45, 2.75) is 0 Å².